The Morgan fingerprint density at radius 3 is 2.50 bits per heavy atom. The lowest BCUT2D eigenvalue weighted by molar-refractivity contribution is -0.131. The summed E-state index contributed by atoms with van der Waals surface area (Å²) in [6.45, 7) is 6.98. The maximum atomic E-state index is 12.2. The Hall–Kier alpha value is -1.35. The van der Waals surface area contributed by atoms with Gasteiger partial charge in [-0.25, -0.2) is 0 Å². The number of nitrogens with one attached hydrogen (secondary N) is 1. The average Bonchev–Trinajstić information content (AvgIpc) is 3.01. The van der Waals surface area contributed by atoms with Crippen LogP contribution in [0.1, 0.15) is 44.6 Å². The highest BCUT2D eigenvalue weighted by Crippen LogP contribution is 2.17. The van der Waals surface area contributed by atoms with Crippen LogP contribution in [-0.4, -0.2) is 36.5 Å². The summed E-state index contributed by atoms with van der Waals surface area (Å²) in [5, 5.41) is 3.37. The molecule has 1 aliphatic rings. The van der Waals surface area contributed by atoms with E-state index >= 15 is 0 Å². The predicted molar refractivity (Wildman–Crippen MR) is 82.8 cm³/mol. The van der Waals surface area contributed by atoms with E-state index in [9.17, 15) is 4.79 Å². The van der Waals surface area contributed by atoms with Crippen molar-refractivity contribution in [2.75, 3.05) is 19.6 Å². The Morgan fingerprint density at radius 2 is 1.85 bits per heavy atom. The zero-order valence-electron chi connectivity index (χ0n) is 12.6. The molecular weight excluding hydrogens is 248 g/mol. The van der Waals surface area contributed by atoms with Crippen molar-refractivity contribution in [1.82, 2.24) is 10.2 Å². The lowest BCUT2D eigenvalue weighted by Crippen LogP contribution is -2.44. The number of rotatable bonds is 6. The Labute approximate surface area is 122 Å². The normalized spacial score (nSPS) is 18.0. The van der Waals surface area contributed by atoms with Crippen LogP contribution in [-0.2, 0) is 4.79 Å². The first-order chi connectivity index (χ1) is 9.68. The van der Waals surface area contributed by atoms with Crippen LogP contribution >= 0.6 is 0 Å². The van der Waals surface area contributed by atoms with E-state index < -0.39 is 0 Å². The number of hydrogen-bond donors (Lipinski definition) is 1. The fourth-order valence-electron chi connectivity index (χ4n) is 2.76. The van der Waals surface area contributed by atoms with Gasteiger partial charge >= 0.3 is 0 Å². The van der Waals surface area contributed by atoms with Crippen molar-refractivity contribution in [3.8, 4) is 0 Å². The maximum absolute atomic E-state index is 12.2. The summed E-state index contributed by atoms with van der Waals surface area (Å²) in [7, 11) is 0. The van der Waals surface area contributed by atoms with Crippen molar-refractivity contribution in [3.05, 3.63) is 35.9 Å². The molecule has 1 aromatic carbocycles. The summed E-state index contributed by atoms with van der Waals surface area (Å²) in [5.74, 6) is 0.785. The predicted octanol–water partition coefficient (Wildman–Crippen LogP) is 2.78. The van der Waals surface area contributed by atoms with E-state index in [1.165, 1.54) is 5.56 Å². The van der Waals surface area contributed by atoms with E-state index in [0.29, 0.717) is 5.92 Å². The molecule has 2 atom stereocenters. The number of amides is 1. The van der Waals surface area contributed by atoms with Gasteiger partial charge in [-0.3, -0.25) is 4.79 Å². The van der Waals surface area contributed by atoms with E-state index in [1.807, 2.05) is 17.9 Å². The number of carbonyl (C=O) groups excluding carboxylic acids is 1. The van der Waals surface area contributed by atoms with Crippen molar-refractivity contribution in [1.29, 1.82) is 0 Å². The first kappa shape index (κ1) is 15.0. The first-order valence-corrected chi connectivity index (χ1v) is 7.75. The van der Waals surface area contributed by atoms with Crippen LogP contribution in [0.15, 0.2) is 30.3 Å². The van der Waals surface area contributed by atoms with E-state index in [1.54, 1.807) is 0 Å². The van der Waals surface area contributed by atoms with Gasteiger partial charge in [0.1, 0.15) is 0 Å². The molecule has 3 heteroatoms. The summed E-state index contributed by atoms with van der Waals surface area (Å²) in [6.07, 6.45) is 3.37. The van der Waals surface area contributed by atoms with Crippen LogP contribution in [0, 0.1) is 0 Å². The van der Waals surface area contributed by atoms with Gasteiger partial charge in [0, 0.05) is 13.1 Å². The highest BCUT2D eigenvalue weighted by molar-refractivity contribution is 5.81. The lowest BCUT2D eigenvalue weighted by Gasteiger charge is -2.22. The molecule has 1 N–H and O–H groups in total. The summed E-state index contributed by atoms with van der Waals surface area (Å²) < 4.78 is 0. The molecule has 20 heavy (non-hydrogen) atoms. The highest BCUT2D eigenvalue weighted by atomic mass is 16.2. The van der Waals surface area contributed by atoms with Gasteiger partial charge < -0.3 is 10.2 Å². The van der Waals surface area contributed by atoms with Crippen molar-refractivity contribution >= 4 is 5.91 Å². The second kappa shape index (κ2) is 7.44. The third-order valence-electron chi connectivity index (χ3n) is 4.18. The molecule has 1 fully saturated rings. The Morgan fingerprint density at radius 1 is 1.20 bits per heavy atom. The fraction of sp³-hybridized carbons (Fsp3) is 0.588. The van der Waals surface area contributed by atoms with Crippen LogP contribution in [0.4, 0.5) is 0 Å². The van der Waals surface area contributed by atoms with Gasteiger partial charge in [0.25, 0.3) is 0 Å². The maximum Gasteiger partial charge on any atom is 0.239 e. The van der Waals surface area contributed by atoms with Crippen LogP contribution < -0.4 is 5.32 Å². The molecule has 2 unspecified atom stereocenters. The first-order valence-electron chi connectivity index (χ1n) is 7.75. The average molecular weight is 274 g/mol. The topological polar surface area (TPSA) is 32.3 Å². The summed E-state index contributed by atoms with van der Waals surface area (Å²) in [4.78, 5) is 14.1. The minimum Gasteiger partial charge on any atom is -0.341 e. The molecule has 0 bridgehead atoms. The SMILES string of the molecule is CC(NCCC(C)c1ccccc1)C(=O)N1CCCC1. The fourth-order valence-corrected chi connectivity index (χ4v) is 2.76. The lowest BCUT2D eigenvalue weighted by atomic mass is 9.98. The molecule has 3 nitrogen and oxygen atoms in total. The molecule has 0 aliphatic carbocycles. The molecule has 0 radical (unpaired) electrons. The van der Waals surface area contributed by atoms with Gasteiger partial charge in [-0.2, -0.15) is 0 Å². The van der Waals surface area contributed by atoms with Gasteiger partial charge in [-0.05, 0) is 44.2 Å². The van der Waals surface area contributed by atoms with Gasteiger partial charge in [-0.15, -0.1) is 0 Å². The second-order valence-corrected chi connectivity index (χ2v) is 5.81. The van der Waals surface area contributed by atoms with Crippen molar-refractivity contribution in [2.45, 2.75) is 45.1 Å². The third-order valence-corrected chi connectivity index (χ3v) is 4.18. The van der Waals surface area contributed by atoms with E-state index in [2.05, 4.69) is 36.5 Å². The van der Waals surface area contributed by atoms with Crippen molar-refractivity contribution < 1.29 is 4.79 Å². The standard InChI is InChI=1S/C17H26N2O/c1-14(16-8-4-3-5-9-16)10-11-18-15(2)17(20)19-12-6-7-13-19/h3-5,8-9,14-15,18H,6-7,10-13H2,1-2H3. The van der Waals surface area contributed by atoms with Crippen LogP contribution in [0.5, 0.6) is 0 Å². The van der Waals surface area contributed by atoms with E-state index in [-0.39, 0.29) is 11.9 Å². The summed E-state index contributed by atoms with van der Waals surface area (Å²) >= 11 is 0. The Bertz CT molecular complexity index is 412. The highest BCUT2D eigenvalue weighted by Gasteiger charge is 2.22. The molecule has 110 valence electrons. The van der Waals surface area contributed by atoms with Crippen LogP contribution in [0.3, 0.4) is 0 Å². The zero-order valence-corrected chi connectivity index (χ0v) is 12.6. The molecule has 1 amide bonds. The van der Waals surface area contributed by atoms with Crippen LogP contribution in [0.2, 0.25) is 0 Å². The molecular formula is C17H26N2O. The van der Waals surface area contributed by atoms with Crippen molar-refractivity contribution in [2.24, 2.45) is 0 Å². The smallest absolute Gasteiger partial charge is 0.239 e. The van der Waals surface area contributed by atoms with Crippen molar-refractivity contribution in [3.63, 3.8) is 0 Å². The van der Waals surface area contributed by atoms with E-state index in [0.717, 1.165) is 38.9 Å². The second-order valence-electron chi connectivity index (χ2n) is 5.81. The molecule has 0 aromatic heterocycles. The molecule has 0 spiro atoms. The third kappa shape index (κ3) is 4.07. The number of carbonyl (C=O) groups is 1. The Kier molecular flexibility index (Phi) is 5.60. The monoisotopic (exact) mass is 274 g/mol. The zero-order chi connectivity index (χ0) is 14.4. The van der Waals surface area contributed by atoms with Gasteiger partial charge in [0.15, 0.2) is 0 Å². The number of hydrogen-bond acceptors (Lipinski definition) is 2. The molecule has 1 heterocycles. The number of likely N-dealkylation sites (tertiary alicyclic amines) is 1. The molecule has 1 saturated heterocycles. The van der Waals surface area contributed by atoms with Crippen LogP contribution in [0.25, 0.3) is 0 Å². The Balaban J connectivity index is 1.71. The van der Waals surface area contributed by atoms with Gasteiger partial charge in [-0.1, -0.05) is 37.3 Å². The minimum absolute atomic E-state index is 0.0592. The van der Waals surface area contributed by atoms with Gasteiger partial charge in [0.05, 0.1) is 6.04 Å². The minimum atomic E-state index is -0.0592. The molecule has 2 rings (SSSR count). The van der Waals surface area contributed by atoms with E-state index in [4.69, 9.17) is 0 Å². The molecule has 1 aliphatic heterocycles. The number of nitrogens with zero attached hydrogens (tertiary/aromatic N) is 1. The summed E-state index contributed by atoms with van der Waals surface area (Å²) in [5.41, 5.74) is 1.37. The quantitative estimate of drug-likeness (QED) is 0.865. The molecule has 1 aromatic rings. The van der Waals surface area contributed by atoms with Gasteiger partial charge in [0.2, 0.25) is 5.91 Å². The largest absolute Gasteiger partial charge is 0.341 e. The molecule has 0 saturated carbocycles. The number of benzene rings is 1. The summed E-state index contributed by atoms with van der Waals surface area (Å²) in [6, 6.07) is 10.5.